The molecular weight excluding hydrogens is 280 g/mol. The van der Waals surface area contributed by atoms with Crippen molar-refractivity contribution in [2.75, 3.05) is 0 Å². The highest BCUT2D eigenvalue weighted by Crippen LogP contribution is 2.14. The maximum Gasteiger partial charge on any atom is 0.251 e. The first kappa shape index (κ1) is 14.2. The van der Waals surface area contributed by atoms with Gasteiger partial charge in [0.2, 0.25) is 0 Å². The van der Waals surface area contributed by atoms with E-state index in [2.05, 4.69) is 20.3 Å². The van der Waals surface area contributed by atoms with E-state index < -0.39 is 0 Å². The maximum atomic E-state index is 12.2. The highest BCUT2D eigenvalue weighted by molar-refractivity contribution is 5.97. The van der Waals surface area contributed by atoms with Crippen molar-refractivity contribution in [1.82, 2.24) is 20.3 Å². The van der Waals surface area contributed by atoms with Crippen molar-refractivity contribution >= 4 is 16.9 Å². The van der Waals surface area contributed by atoms with Crippen molar-refractivity contribution in [2.45, 2.75) is 27.3 Å². The molecule has 2 heterocycles. The van der Waals surface area contributed by atoms with Gasteiger partial charge in [0.05, 0.1) is 34.7 Å². The summed E-state index contributed by atoms with van der Waals surface area (Å²) in [7, 11) is 0. The number of aromatic nitrogens is 3. The summed E-state index contributed by atoms with van der Waals surface area (Å²) < 4.78 is 5.20. The van der Waals surface area contributed by atoms with Crippen molar-refractivity contribution in [3.63, 3.8) is 0 Å². The first-order chi connectivity index (χ1) is 10.5. The van der Waals surface area contributed by atoms with Crippen molar-refractivity contribution < 1.29 is 9.21 Å². The van der Waals surface area contributed by atoms with Crippen molar-refractivity contribution in [3.8, 4) is 0 Å². The molecule has 0 fully saturated rings. The van der Waals surface area contributed by atoms with Crippen LogP contribution in [0.2, 0.25) is 0 Å². The lowest BCUT2D eigenvalue weighted by atomic mass is 10.1. The molecule has 112 valence electrons. The third-order valence-electron chi connectivity index (χ3n) is 3.59. The van der Waals surface area contributed by atoms with Crippen LogP contribution in [0.3, 0.4) is 0 Å². The highest BCUT2D eigenvalue weighted by atomic mass is 16.3. The van der Waals surface area contributed by atoms with Crippen LogP contribution < -0.4 is 5.32 Å². The Morgan fingerprint density at radius 2 is 1.82 bits per heavy atom. The van der Waals surface area contributed by atoms with Crippen LogP contribution in [0, 0.1) is 20.8 Å². The number of oxazole rings is 1. The SMILES string of the molecule is Cc1nc2ccc(C(=O)NCc3ocnc3C)cc2nc1C. The summed E-state index contributed by atoms with van der Waals surface area (Å²) in [6.07, 6.45) is 1.37. The minimum atomic E-state index is -0.183. The van der Waals surface area contributed by atoms with Gasteiger partial charge >= 0.3 is 0 Å². The van der Waals surface area contributed by atoms with E-state index >= 15 is 0 Å². The fraction of sp³-hybridized carbons (Fsp3) is 0.250. The number of fused-ring (bicyclic) bond motifs is 1. The largest absolute Gasteiger partial charge is 0.446 e. The second kappa shape index (κ2) is 5.55. The van der Waals surface area contributed by atoms with Crippen LogP contribution in [0.1, 0.15) is 33.2 Å². The van der Waals surface area contributed by atoms with E-state index in [1.54, 1.807) is 12.1 Å². The molecule has 1 N–H and O–H groups in total. The summed E-state index contributed by atoms with van der Waals surface area (Å²) in [5, 5.41) is 2.81. The number of amides is 1. The topological polar surface area (TPSA) is 80.9 Å². The van der Waals surface area contributed by atoms with E-state index in [1.165, 1.54) is 6.39 Å². The molecule has 22 heavy (non-hydrogen) atoms. The zero-order valence-electron chi connectivity index (χ0n) is 12.7. The molecule has 0 aliphatic rings. The number of nitrogens with zero attached hydrogens (tertiary/aromatic N) is 3. The van der Waals surface area contributed by atoms with E-state index in [0.29, 0.717) is 23.4 Å². The van der Waals surface area contributed by atoms with Crippen LogP contribution >= 0.6 is 0 Å². The number of nitrogens with one attached hydrogen (secondary N) is 1. The molecule has 3 rings (SSSR count). The molecular formula is C16H16N4O2. The average Bonchev–Trinajstić information content (AvgIpc) is 2.91. The Kier molecular flexibility index (Phi) is 3.58. The number of hydrogen-bond acceptors (Lipinski definition) is 5. The summed E-state index contributed by atoms with van der Waals surface area (Å²) in [5.41, 5.74) is 4.57. The van der Waals surface area contributed by atoms with Gasteiger partial charge in [0.15, 0.2) is 6.39 Å². The van der Waals surface area contributed by atoms with E-state index in [0.717, 1.165) is 22.6 Å². The lowest BCUT2D eigenvalue weighted by Gasteiger charge is -2.06. The van der Waals surface area contributed by atoms with E-state index in [4.69, 9.17) is 4.42 Å². The van der Waals surface area contributed by atoms with Crippen LogP contribution in [-0.4, -0.2) is 20.9 Å². The van der Waals surface area contributed by atoms with Gasteiger partial charge in [0.1, 0.15) is 5.76 Å². The molecule has 0 radical (unpaired) electrons. The summed E-state index contributed by atoms with van der Waals surface area (Å²) in [6.45, 7) is 5.96. The van der Waals surface area contributed by atoms with E-state index in [1.807, 2.05) is 26.8 Å². The maximum absolute atomic E-state index is 12.2. The van der Waals surface area contributed by atoms with E-state index in [9.17, 15) is 4.79 Å². The quantitative estimate of drug-likeness (QED) is 0.803. The zero-order valence-corrected chi connectivity index (χ0v) is 12.7. The fourth-order valence-corrected chi connectivity index (χ4v) is 2.13. The van der Waals surface area contributed by atoms with Gasteiger partial charge in [-0.05, 0) is 39.0 Å². The number of carbonyl (C=O) groups excluding carboxylic acids is 1. The third kappa shape index (κ3) is 2.67. The smallest absolute Gasteiger partial charge is 0.251 e. The summed E-state index contributed by atoms with van der Waals surface area (Å²) in [4.78, 5) is 25.1. The Labute approximate surface area is 127 Å². The van der Waals surface area contributed by atoms with Crippen LogP contribution in [0.15, 0.2) is 29.0 Å². The second-order valence-corrected chi connectivity index (χ2v) is 5.14. The molecule has 1 amide bonds. The monoisotopic (exact) mass is 296 g/mol. The molecule has 6 heteroatoms. The lowest BCUT2D eigenvalue weighted by Crippen LogP contribution is -2.22. The number of benzene rings is 1. The normalized spacial score (nSPS) is 10.9. The molecule has 2 aromatic heterocycles. The Bertz CT molecular complexity index is 854. The van der Waals surface area contributed by atoms with Gasteiger partial charge in [-0.25, -0.2) is 15.0 Å². The Morgan fingerprint density at radius 3 is 2.50 bits per heavy atom. The van der Waals surface area contributed by atoms with Crippen molar-refractivity contribution in [1.29, 1.82) is 0 Å². The summed E-state index contributed by atoms with van der Waals surface area (Å²) >= 11 is 0. The molecule has 0 aliphatic carbocycles. The second-order valence-electron chi connectivity index (χ2n) is 5.14. The molecule has 0 saturated carbocycles. The molecule has 0 spiro atoms. The highest BCUT2D eigenvalue weighted by Gasteiger charge is 2.10. The third-order valence-corrected chi connectivity index (χ3v) is 3.59. The Hall–Kier alpha value is -2.76. The van der Waals surface area contributed by atoms with Gasteiger partial charge in [0.25, 0.3) is 5.91 Å². The zero-order chi connectivity index (χ0) is 15.7. The van der Waals surface area contributed by atoms with E-state index in [-0.39, 0.29) is 5.91 Å². The molecule has 0 bridgehead atoms. The van der Waals surface area contributed by atoms with Gasteiger partial charge in [-0.15, -0.1) is 0 Å². The first-order valence-corrected chi connectivity index (χ1v) is 6.97. The minimum Gasteiger partial charge on any atom is -0.446 e. The predicted molar refractivity (Wildman–Crippen MR) is 81.4 cm³/mol. The number of rotatable bonds is 3. The van der Waals surface area contributed by atoms with Gasteiger partial charge in [-0.2, -0.15) is 0 Å². The first-order valence-electron chi connectivity index (χ1n) is 6.97. The molecule has 0 saturated heterocycles. The van der Waals surface area contributed by atoms with Gasteiger partial charge in [-0.3, -0.25) is 4.79 Å². The van der Waals surface area contributed by atoms with Crippen LogP contribution in [0.25, 0.3) is 11.0 Å². The van der Waals surface area contributed by atoms with Gasteiger partial charge in [0, 0.05) is 5.56 Å². The average molecular weight is 296 g/mol. The summed E-state index contributed by atoms with van der Waals surface area (Å²) in [5.74, 6) is 0.470. The molecule has 1 aromatic carbocycles. The Morgan fingerprint density at radius 1 is 1.09 bits per heavy atom. The molecule has 3 aromatic rings. The number of carbonyl (C=O) groups is 1. The summed E-state index contributed by atoms with van der Waals surface area (Å²) in [6, 6.07) is 5.30. The fourth-order valence-electron chi connectivity index (χ4n) is 2.13. The van der Waals surface area contributed by atoms with Crippen molar-refractivity contribution in [2.24, 2.45) is 0 Å². The van der Waals surface area contributed by atoms with Crippen LogP contribution in [0.5, 0.6) is 0 Å². The minimum absolute atomic E-state index is 0.183. The lowest BCUT2D eigenvalue weighted by molar-refractivity contribution is 0.0948. The molecule has 0 unspecified atom stereocenters. The van der Waals surface area contributed by atoms with Crippen molar-refractivity contribution in [3.05, 3.63) is 53.0 Å². The van der Waals surface area contributed by atoms with Gasteiger partial charge < -0.3 is 9.73 Å². The predicted octanol–water partition coefficient (Wildman–Crippen LogP) is 2.47. The standard InChI is InChI=1S/C16H16N4O2/c1-9-10(2)20-14-6-12(4-5-13(14)19-9)16(21)17-7-15-11(3)18-8-22-15/h4-6,8H,7H2,1-3H3,(H,17,21). The number of aryl methyl sites for hydroxylation is 3. The molecule has 0 atom stereocenters. The van der Waals surface area contributed by atoms with Crippen LogP contribution in [0.4, 0.5) is 0 Å². The Balaban J connectivity index is 1.82. The van der Waals surface area contributed by atoms with Crippen LogP contribution in [-0.2, 0) is 6.54 Å². The number of hydrogen-bond donors (Lipinski definition) is 1. The molecule has 6 nitrogen and oxygen atoms in total. The molecule has 0 aliphatic heterocycles. The van der Waals surface area contributed by atoms with Gasteiger partial charge in [-0.1, -0.05) is 0 Å².